The number of ether oxygens (including phenoxy) is 1. The second kappa shape index (κ2) is 21.9. The zero-order valence-corrected chi connectivity index (χ0v) is 40.0. The van der Waals surface area contributed by atoms with Crippen LogP contribution in [0.25, 0.3) is 0 Å². The van der Waals surface area contributed by atoms with Gasteiger partial charge in [0, 0.05) is 70.7 Å². The summed E-state index contributed by atoms with van der Waals surface area (Å²) in [7, 11) is 0. The number of aliphatic carboxylic acids is 1. The first-order valence-electron chi connectivity index (χ1n) is 25.5. The Morgan fingerprint density at radius 2 is 1.26 bits per heavy atom. The number of carbonyl (C=O) groups is 6. The average Bonchev–Trinajstić information content (AvgIpc) is 3.35. The Balaban J connectivity index is 0.773. The predicted molar refractivity (Wildman–Crippen MR) is 260 cm³/mol. The summed E-state index contributed by atoms with van der Waals surface area (Å²) >= 11 is 0. The number of carbonyl (C=O) groups excluding carboxylic acids is 5. The molecule has 9 atom stereocenters. The molecule has 6 N–H and O–H groups in total. The van der Waals surface area contributed by atoms with E-state index in [9.17, 15) is 33.9 Å². The fourth-order valence-corrected chi connectivity index (χ4v) is 12.3. The van der Waals surface area contributed by atoms with Crippen molar-refractivity contribution in [3.05, 3.63) is 83.7 Å². The molecule has 374 valence electrons. The van der Waals surface area contributed by atoms with Gasteiger partial charge in [0.05, 0.1) is 24.5 Å². The number of amides is 7. The molecule has 18 heteroatoms. The summed E-state index contributed by atoms with van der Waals surface area (Å²) in [6.45, 7) is 4.99. The van der Waals surface area contributed by atoms with E-state index in [1.54, 1.807) is 40.3 Å². The summed E-state index contributed by atoms with van der Waals surface area (Å²) < 4.78 is 6.45. The van der Waals surface area contributed by atoms with Gasteiger partial charge in [-0.15, -0.1) is 0 Å². The lowest BCUT2D eigenvalue weighted by Crippen LogP contribution is -2.71. The van der Waals surface area contributed by atoms with Crippen LogP contribution < -0.4 is 16.8 Å². The molecule has 6 fully saturated rings. The number of urea groups is 2. The maximum absolute atomic E-state index is 14.1. The number of morpholine rings is 1. The van der Waals surface area contributed by atoms with Gasteiger partial charge in [-0.25, -0.2) is 29.3 Å². The second-order valence-corrected chi connectivity index (χ2v) is 20.4. The number of nitrogen functional groups attached to an aromatic ring is 2. The number of nitrogens with two attached hydrogens (primary N) is 2. The summed E-state index contributed by atoms with van der Waals surface area (Å²) in [4.78, 5) is 97.7. The van der Waals surface area contributed by atoms with E-state index < -0.39 is 47.9 Å². The smallest absolute Gasteiger partial charge is 0.327 e. The van der Waals surface area contributed by atoms with Crippen LogP contribution >= 0.6 is 0 Å². The van der Waals surface area contributed by atoms with Crippen molar-refractivity contribution in [2.45, 2.75) is 101 Å². The minimum atomic E-state index is -1.23. The topological polar surface area (TPSA) is 238 Å². The van der Waals surface area contributed by atoms with Gasteiger partial charge in [0.25, 0.3) is 0 Å². The minimum Gasteiger partial charge on any atom is -0.480 e. The van der Waals surface area contributed by atoms with Crippen molar-refractivity contribution in [1.29, 1.82) is 0 Å². The van der Waals surface area contributed by atoms with Crippen molar-refractivity contribution >= 4 is 47.4 Å². The molecule has 0 spiro atoms. The van der Waals surface area contributed by atoms with Crippen molar-refractivity contribution < 1.29 is 38.6 Å². The molecule has 1 saturated carbocycles. The van der Waals surface area contributed by atoms with E-state index in [-0.39, 0.29) is 48.4 Å². The number of imide groups is 2. The highest BCUT2D eigenvalue weighted by Crippen LogP contribution is 2.39. The lowest BCUT2D eigenvalue weighted by molar-refractivity contribution is -0.166. The standard InChI is InChI=1S/C52H68N10O8/c53-43-28-33(16-18-55-43)26-40-45(61(48(40)64)51(68)59-21-6-12-38(30-59)35-8-2-1-3-9-35)47(63)57-20-23-58-24-25-70-42(32-58)37-11-5-4-10-36(14-15-37)39-13-7-22-60(31-39)52(69)62-46(50(66)67)41(49(62)65)27-34-17-19-56-44(54)29-34/h1-3,8-9,16-19,28-29,36-42,45-46H,4-7,10-15,20-27,30-32H2,(H2,53,55)(H2,54,56)(H,57,63)(H,66,67)/t36?,37?,38-,39?,40-,41-,42?,45+,46+/m1/s1. The maximum Gasteiger partial charge on any atom is 0.327 e. The highest BCUT2D eigenvalue weighted by molar-refractivity contribution is 6.09. The number of likely N-dealkylation sites (tertiary alicyclic amines) is 4. The molecule has 5 aliphatic heterocycles. The molecule has 2 aromatic heterocycles. The number of β-lactam (4-membered cyclic amide) rings is 2. The first-order valence-corrected chi connectivity index (χ1v) is 25.5. The van der Waals surface area contributed by atoms with Crippen LogP contribution in [0.15, 0.2) is 67.0 Å². The van der Waals surface area contributed by atoms with E-state index in [2.05, 4.69) is 32.3 Å². The molecule has 9 rings (SSSR count). The monoisotopic (exact) mass is 961 g/mol. The van der Waals surface area contributed by atoms with Crippen LogP contribution in [0, 0.1) is 29.6 Å². The molecule has 70 heavy (non-hydrogen) atoms. The fourth-order valence-electron chi connectivity index (χ4n) is 12.3. The lowest BCUT2D eigenvalue weighted by atomic mass is 9.75. The Labute approximate surface area is 409 Å². The summed E-state index contributed by atoms with van der Waals surface area (Å²) in [6.07, 6.45) is 13.4. The van der Waals surface area contributed by atoms with Gasteiger partial charge < -0.3 is 36.4 Å². The summed E-state index contributed by atoms with van der Waals surface area (Å²) in [6, 6.07) is 13.8. The number of piperidine rings is 2. The highest BCUT2D eigenvalue weighted by atomic mass is 16.5. The maximum atomic E-state index is 14.1. The molecule has 5 saturated heterocycles. The number of nitrogens with one attached hydrogen (secondary N) is 1. The van der Waals surface area contributed by atoms with Crippen molar-refractivity contribution in [2.75, 3.05) is 70.4 Å². The third-order valence-corrected chi connectivity index (χ3v) is 16.1. The van der Waals surface area contributed by atoms with Crippen LogP contribution in [0.2, 0.25) is 0 Å². The van der Waals surface area contributed by atoms with Crippen LogP contribution in [-0.2, 0) is 36.8 Å². The van der Waals surface area contributed by atoms with E-state index in [1.807, 2.05) is 18.2 Å². The molecule has 18 nitrogen and oxygen atoms in total. The number of aromatic nitrogens is 2. The van der Waals surface area contributed by atoms with Gasteiger partial charge in [-0.1, -0.05) is 49.6 Å². The third-order valence-electron chi connectivity index (χ3n) is 16.1. The Kier molecular flexibility index (Phi) is 15.3. The number of benzene rings is 1. The van der Waals surface area contributed by atoms with Crippen LogP contribution in [0.1, 0.15) is 86.8 Å². The zero-order chi connectivity index (χ0) is 48.9. The Bertz CT molecular complexity index is 2390. The number of rotatable bonds is 12. The van der Waals surface area contributed by atoms with E-state index in [4.69, 9.17) is 16.2 Å². The van der Waals surface area contributed by atoms with Gasteiger partial charge in [0.1, 0.15) is 17.7 Å². The highest BCUT2D eigenvalue weighted by Gasteiger charge is 2.57. The molecular formula is C52H68N10O8. The van der Waals surface area contributed by atoms with E-state index in [0.717, 1.165) is 93.3 Å². The van der Waals surface area contributed by atoms with Gasteiger partial charge >= 0.3 is 18.0 Å². The van der Waals surface area contributed by atoms with E-state index in [0.29, 0.717) is 69.1 Å². The molecule has 6 aliphatic rings. The fraction of sp³-hybridized carbons (Fsp3) is 0.577. The number of carboxylic acids is 1. The van der Waals surface area contributed by atoms with Gasteiger partial charge in [-0.2, -0.15) is 0 Å². The molecule has 3 aromatic rings. The Morgan fingerprint density at radius 1 is 0.671 bits per heavy atom. The molecular weight excluding hydrogens is 893 g/mol. The van der Waals surface area contributed by atoms with Gasteiger partial charge in [-0.05, 0) is 116 Å². The SMILES string of the molecule is Nc1cc(C[C@H]2C(=O)N(C(=O)N3CCCC(C4CCCCC(C5CN(CCNC(=O)[C@@H]6[C@@H](Cc7ccnc(N)c7)C(=O)N6C(=O)N6CCC[C@@H](c7ccccc7)C6)CCO5)CC4)C3)[C@@H]2C(=O)O)ccn1. The predicted octanol–water partition coefficient (Wildman–Crippen LogP) is 4.40. The molecule has 0 bridgehead atoms. The van der Waals surface area contributed by atoms with Crippen LogP contribution in [0.5, 0.6) is 0 Å². The number of hydrogen-bond acceptors (Lipinski definition) is 12. The number of anilines is 2. The van der Waals surface area contributed by atoms with Crippen molar-refractivity contribution in [2.24, 2.45) is 29.6 Å². The quantitative estimate of drug-likeness (QED) is 0.185. The second-order valence-electron chi connectivity index (χ2n) is 20.4. The Hall–Kier alpha value is -6.14. The van der Waals surface area contributed by atoms with Crippen LogP contribution in [0.3, 0.4) is 0 Å². The van der Waals surface area contributed by atoms with Crippen molar-refractivity contribution in [3.63, 3.8) is 0 Å². The van der Waals surface area contributed by atoms with Crippen LogP contribution in [-0.4, -0.2) is 152 Å². The van der Waals surface area contributed by atoms with Crippen LogP contribution in [0.4, 0.5) is 21.2 Å². The average molecular weight is 961 g/mol. The third kappa shape index (κ3) is 10.8. The molecule has 1 aromatic carbocycles. The first-order chi connectivity index (χ1) is 33.9. The van der Waals surface area contributed by atoms with E-state index >= 15 is 0 Å². The lowest BCUT2D eigenvalue weighted by Gasteiger charge is -2.47. The molecule has 4 unspecified atom stereocenters. The molecule has 1 aliphatic carbocycles. The van der Waals surface area contributed by atoms with Gasteiger partial charge in [0.2, 0.25) is 17.7 Å². The normalized spacial score (nSPS) is 28.8. The number of carboxylic acid groups (broad SMARTS) is 1. The number of nitrogens with zero attached hydrogens (tertiary/aromatic N) is 7. The first kappa shape index (κ1) is 48.9. The number of pyridine rings is 2. The summed E-state index contributed by atoms with van der Waals surface area (Å²) in [5.41, 5.74) is 14.4. The summed E-state index contributed by atoms with van der Waals surface area (Å²) in [5.74, 6) is -2.15. The molecule has 7 heterocycles. The van der Waals surface area contributed by atoms with Gasteiger partial charge in [-0.3, -0.25) is 24.2 Å². The molecule has 7 amide bonds. The summed E-state index contributed by atoms with van der Waals surface area (Å²) in [5, 5.41) is 13.2. The van der Waals surface area contributed by atoms with Crippen molar-refractivity contribution in [1.82, 2.24) is 39.8 Å². The zero-order valence-electron chi connectivity index (χ0n) is 40.0. The van der Waals surface area contributed by atoms with Gasteiger partial charge in [0.15, 0.2) is 6.04 Å². The number of hydrogen-bond donors (Lipinski definition) is 4. The van der Waals surface area contributed by atoms with E-state index in [1.165, 1.54) is 11.1 Å². The Morgan fingerprint density at radius 3 is 1.91 bits per heavy atom. The minimum absolute atomic E-state index is 0.0355. The van der Waals surface area contributed by atoms with Crippen molar-refractivity contribution in [3.8, 4) is 0 Å². The molecule has 0 radical (unpaired) electrons. The largest absolute Gasteiger partial charge is 0.480 e.